The van der Waals surface area contributed by atoms with Gasteiger partial charge in [0, 0.05) is 76.3 Å². The van der Waals surface area contributed by atoms with Gasteiger partial charge in [0.05, 0.1) is 40.4 Å². The number of carbonyl (C=O) groups is 5. The van der Waals surface area contributed by atoms with Crippen LogP contribution in [0, 0.1) is 13.8 Å². The maximum Gasteiger partial charge on any atom is 0.323 e. The zero-order valence-corrected chi connectivity index (χ0v) is 48.2. The molecule has 8 aromatic rings. The van der Waals surface area contributed by atoms with E-state index in [0.29, 0.717) is 53.4 Å². The number of hydrogen-bond acceptors (Lipinski definition) is 21. The molecule has 0 bridgehead atoms. The van der Waals surface area contributed by atoms with Crippen molar-refractivity contribution in [1.29, 1.82) is 0 Å². The van der Waals surface area contributed by atoms with Gasteiger partial charge in [0.15, 0.2) is 0 Å². The van der Waals surface area contributed by atoms with Crippen LogP contribution in [0.4, 0.5) is 38.9 Å². The number of benzene rings is 8. The Hall–Kier alpha value is -8.47. The number of urea groups is 1. The van der Waals surface area contributed by atoms with Gasteiger partial charge in [-0.15, -0.1) is 8.67 Å². The summed E-state index contributed by atoms with van der Waals surface area (Å²) in [5.74, 6) is -3.18. The van der Waals surface area contributed by atoms with Crippen LogP contribution in [0.1, 0.15) is 52.6 Å². The lowest BCUT2D eigenvalue weighted by atomic mass is 10.1. The quantitative estimate of drug-likeness (QED) is 0.0146. The molecule has 0 aliphatic heterocycles. The molecule has 35 heteroatoms. The van der Waals surface area contributed by atoms with Crippen LogP contribution in [0.25, 0.3) is 21.5 Å². The average Bonchev–Trinajstić information content (AvgIpc) is 1.58. The molecule has 0 aromatic heterocycles. The van der Waals surface area contributed by atoms with Gasteiger partial charge in [0.1, 0.15) is 14.7 Å². The lowest BCUT2D eigenvalue weighted by molar-refractivity contribution is -0.432. The molecule has 448 valence electrons. The summed E-state index contributed by atoms with van der Waals surface area (Å²) in [5, 5.41) is 38.6. The molecule has 8 rings (SSSR count). The fraction of sp³-hybridized carbons (Fsp3) is 0.0392. The van der Waals surface area contributed by atoms with Crippen LogP contribution in [-0.2, 0) is 59.2 Å². The molecule has 0 unspecified atom stereocenters. The summed E-state index contributed by atoms with van der Waals surface area (Å²) < 4.78 is 147. The van der Waals surface area contributed by atoms with Crippen molar-refractivity contribution in [2.75, 3.05) is 31.9 Å². The Bertz CT molecular complexity index is 4610. The molecule has 0 saturated heterocycles. The van der Waals surface area contributed by atoms with E-state index < -0.39 is 106 Å². The molecule has 0 aliphatic rings. The SMILES string of the molecule is Cc1ccc(C(=O)Nc2ccc(S(=O)(=O)O)c3cc(SOOO)cc(SOOO)c23)cc1NC(=O)c1cccc(NC(=O)Nc2cccc(C(=O)Nc3cc(C(=O)Nc4ccc(S(=O)(=O)O)c5cc(S(=O)(=O)O)cc(S(=O)(=O)O)c45)ccc3C)c2)c1. The van der Waals surface area contributed by atoms with Crippen LogP contribution in [0.2, 0.25) is 0 Å². The van der Waals surface area contributed by atoms with Gasteiger partial charge in [-0.25, -0.2) is 15.3 Å². The highest BCUT2D eigenvalue weighted by Gasteiger charge is 2.28. The van der Waals surface area contributed by atoms with Gasteiger partial charge >= 0.3 is 6.03 Å². The Labute approximate surface area is 494 Å². The number of carbonyl (C=O) groups excluding carboxylic acids is 5. The zero-order chi connectivity index (χ0) is 62.6. The van der Waals surface area contributed by atoms with Crippen LogP contribution in [0.3, 0.4) is 0 Å². The number of hydrogen-bond donors (Lipinski definition) is 12. The fourth-order valence-electron chi connectivity index (χ4n) is 8.36. The van der Waals surface area contributed by atoms with Crippen LogP contribution in [-0.4, -0.2) is 92.1 Å². The first kappa shape index (κ1) is 63.5. The Morgan fingerprint density at radius 3 is 1.27 bits per heavy atom. The molecule has 0 radical (unpaired) electrons. The summed E-state index contributed by atoms with van der Waals surface area (Å²) in [7, 11) is -20.8. The van der Waals surface area contributed by atoms with Gasteiger partial charge in [-0.1, -0.05) is 34.3 Å². The van der Waals surface area contributed by atoms with E-state index in [1.807, 2.05) is 0 Å². The predicted molar refractivity (Wildman–Crippen MR) is 308 cm³/mol. The topological polar surface area (TPSA) is 452 Å². The summed E-state index contributed by atoms with van der Waals surface area (Å²) in [6.07, 6.45) is 0. The van der Waals surface area contributed by atoms with Gasteiger partial charge < -0.3 is 31.9 Å². The van der Waals surface area contributed by atoms with E-state index in [4.69, 9.17) is 10.5 Å². The van der Waals surface area contributed by atoms with Crippen LogP contribution in [0.15, 0.2) is 163 Å². The molecular weight excluding hydrogens is 1260 g/mol. The molecule has 0 spiro atoms. The van der Waals surface area contributed by atoms with Gasteiger partial charge in [0.2, 0.25) is 0 Å². The van der Waals surface area contributed by atoms with E-state index >= 15 is 0 Å². The number of aryl methyl sites for hydroxylation is 2. The van der Waals surface area contributed by atoms with Crippen molar-refractivity contribution < 1.29 is 105 Å². The van der Waals surface area contributed by atoms with Crippen molar-refractivity contribution in [2.24, 2.45) is 0 Å². The summed E-state index contributed by atoms with van der Waals surface area (Å²) in [5.41, 5.74) is 0.801. The average molecular weight is 1300 g/mol. The highest BCUT2D eigenvalue weighted by molar-refractivity contribution is 7.95. The van der Waals surface area contributed by atoms with E-state index in [-0.39, 0.29) is 71.3 Å². The Morgan fingerprint density at radius 1 is 0.407 bits per heavy atom. The van der Waals surface area contributed by atoms with Crippen molar-refractivity contribution in [1.82, 2.24) is 0 Å². The molecule has 12 N–H and O–H groups in total. The molecule has 0 aliphatic carbocycles. The van der Waals surface area contributed by atoms with Crippen LogP contribution >= 0.6 is 24.1 Å². The second-order valence-corrected chi connectivity index (χ2v) is 25.0. The third kappa shape index (κ3) is 14.9. The highest BCUT2D eigenvalue weighted by Crippen LogP contribution is 2.42. The van der Waals surface area contributed by atoms with E-state index in [2.05, 4.69) is 50.6 Å². The molecule has 86 heavy (non-hydrogen) atoms. The van der Waals surface area contributed by atoms with Crippen molar-refractivity contribution in [3.8, 4) is 0 Å². The van der Waals surface area contributed by atoms with Gasteiger partial charge in [0.25, 0.3) is 64.1 Å². The lowest BCUT2D eigenvalue weighted by Crippen LogP contribution is -2.21. The number of amides is 6. The molecule has 0 saturated carbocycles. The number of fused-ring (bicyclic) bond motifs is 2. The second kappa shape index (κ2) is 25.6. The van der Waals surface area contributed by atoms with Crippen molar-refractivity contribution in [3.63, 3.8) is 0 Å². The van der Waals surface area contributed by atoms with Crippen molar-refractivity contribution >= 4 is 150 Å². The molecule has 0 heterocycles. The van der Waals surface area contributed by atoms with Gasteiger partial charge in [-0.2, -0.15) is 33.7 Å². The number of anilines is 6. The Morgan fingerprint density at radius 2 is 0.826 bits per heavy atom. The highest BCUT2D eigenvalue weighted by atomic mass is 32.2. The van der Waals surface area contributed by atoms with E-state index in [0.717, 1.165) is 12.1 Å². The lowest BCUT2D eigenvalue weighted by Gasteiger charge is -2.16. The van der Waals surface area contributed by atoms with E-state index in [1.165, 1.54) is 103 Å². The Kier molecular flexibility index (Phi) is 18.9. The molecule has 29 nitrogen and oxygen atoms in total. The minimum atomic E-state index is -5.44. The molecular formula is C51H40N6O23S6. The smallest absolute Gasteiger partial charge is 0.322 e. The number of nitrogens with one attached hydrogen (secondary N) is 6. The van der Waals surface area contributed by atoms with Crippen molar-refractivity contribution in [3.05, 3.63) is 167 Å². The largest absolute Gasteiger partial charge is 0.323 e. The third-order valence-corrected chi connectivity index (χ3v) is 16.9. The zero-order valence-electron chi connectivity index (χ0n) is 43.3. The Balaban J connectivity index is 0.935. The standard InChI is InChI=1S/C51H40N6O23S6/c1-25-9-11-29(49(60)54-37-13-15-42(84(68,69)70)35-21-33(81-79-77-63)22-41(45(35)37)82-80-78-64)19-39(25)56-47(58)27-5-3-7-31(17-27)52-51(62)53-32-8-4-6-28(18-32)48(59)57-40-20-30(12-10-26(40)2)50(61)55-38-14-16-43(85(71,72)73)36-23-34(83(65,66)67)24-44(46(36)38)86(74,75)76/h3-24,63-64H,1-2H3,(H,54,60)(H,55,61)(H,56,58)(H,57,59)(H2,52,53,62)(H,65,66,67)(H,68,69,70)(H,71,72,73)(H,74,75,76). The van der Waals surface area contributed by atoms with Gasteiger partial charge in [-0.3, -0.25) is 37.4 Å². The maximum absolute atomic E-state index is 13.8. The normalized spacial score (nSPS) is 11.9. The summed E-state index contributed by atoms with van der Waals surface area (Å²) in [4.78, 5) is 64.1. The van der Waals surface area contributed by atoms with Crippen molar-refractivity contribution in [2.45, 2.75) is 43.2 Å². The maximum atomic E-state index is 13.8. The summed E-state index contributed by atoms with van der Waals surface area (Å²) in [6, 6.07) is 25.9. The first-order valence-electron chi connectivity index (χ1n) is 23.6. The first-order chi connectivity index (χ1) is 40.4. The van der Waals surface area contributed by atoms with E-state index in [9.17, 15) is 75.9 Å². The molecule has 0 fully saturated rings. The number of rotatable bonds is 20. The molecule has 6 amide bonds. The predicted octanol–water partition coefficient (Wildman–Crippen LogP) is 9.11. The van der Waals surface area contributed by atoms with Crippen LogP contribution in [0.5, 0.6) is 0 Å². The first-order valence-corrected chi connectivity index (χ1v) is 30.8. The van der Waals surface area contributed by atoms with Crippen LogP contribution < -0.4 is 31.9 Å². The summed E-state index contributed by atoms with van der Waals surface area (Å²) in [6.45, 7) is 3.22. The monoisotopic (exact) mass is 1300 g/mol. The molecule has 8 aromatic carbocycles. The fourth-order valence-corrected chi connectivity index (χ4v) is 12.2. The summed E-state index contributed by atoms with van der Waals surface area (Å²) >= 11 is 0.781. The third-order valence-electron chi connectivity index (χ3n) is 12.2. The second-order valence-electron chi connectivity index (χ2n) is 17.9. The van der Waals surface area contributed by atoms with Gasteiger partial charge in [-0.05, 0) is 134 Å². The minimum absolute atomic E-state index is 0.000607. The molecule has 0 atom stereocenters. The minimum Gasteiger partial charge on any atom is -0.322 e. The van der Waals surface area contributed by atoms with E-state index in [1.54, 1.807) is 13.8 Å².